The Bertz CT molecular complexity index is 1200. The van der Waals surface area contributed by atoms with Gasteiger partial charge >= 0.3 is 6.01 Å². The maximum Gasteiger partial charge on any atom is 0.322 e. The molecule has 9 heteroatoms. The highest BCUT2D eigenvalue weighted by Crippen LogP contribution is 2.22. The van der Waals surface area contributed by atoms with Crippen molar-refractivity contribution in [3.8, 4) is 11.8 Å². The van der Waals surface area contributed by atoms with Crippen LogP contribution >= 0.6 is 0 Å². The van der Waals surface area contributed by atoms with Gasteiger partial charge in [0.1, 0.15) is 11.4 Å². The molecule has 9 nitrogen and oxygen atoms in total. The topological polar surface area (TPSA) is 88.1 Å². The largest absolute Gasteiger partial charge is 0.424 e. The average molecular weight is 488 g/mol. The van der Waals surface area contributed by atoms with E-state index in [0.29, 0.717) is 32.1 Å². The first-order chi connectivity index (χ1) is 17.6. The summed E-state index contributed by atoms with van der Waals surface area (Å²) in [6.07, 6.45) is 1.71. The van der Waals surface area contributed by atoms with Gasteiger partial charge in [0.25, 0.3) is 5.91 Å². The number of para-hydroxylation sites is 1. The third-order valence-electron chi connectivity index (χ3n) is 6.42. The zero-order valence-corrected chi connectivity index (χ0v) is 20.2. The molecule has 36 heavy (non-hydrogen) atoms. The van der Waals surface area contributed by atoms with Crippen molar-refractivity contribution in [3.05, 3.63) is 83.7 Å². The zero-order chi connectivity index (χ0) is 24.9. The van der Waals surface area contributed by atoms with E-state index in [-0.39, 0.29) is 36.0 Å². The number of rotatable bonds is 6. The van der Waals surface area contributed by atoms with Gasteiger partial charge in [-0.3, -0.25) is 14.5 Å². The first-order valence-electron chi connectivity index (χ1n) is 12.1. The summed E-state index contributed by atoms with van der Waals surface area (Å²) in [7, 11) is 0. The van der Waals surface area contributed by atoms with Gasteiger partial charge in [0.15, 0.2) is 0 Å². The molecule has 2 amide bonds. The van der Waals surface area contributed by atoms with Crippen LogP contribution in [0.15, 0.2) is 66.9 Å². The van der Waals surface area contributed by atoms with Gasteiger partial charge in [-0.05, 0) is 30.7 Å². The summed E-state index contributed by atoms with van der Waals surface area (Å²) in [4.78, 5) is 37.8. The van der Waals surface area contributed by atoms with Gasteiger partial charge in [-0.15, -0.1) is 0 Å². The van der Waals surface area contributed by atoms with Crippen molar-refractivity contribution in [1.82, 2.24) is 24.9 Å². The fourth-order valence-corrected chi connectivity index (χ4v) is 4.46. The number of hydrogen-bond acceptors (Lipinski definition) is 7. The molecule has 1 atom stereocenters. The number of amides is 2. The second-order valence-corrected chi connectivity index (χ2v) is 8.97. The molecular weight excluding hydrogens is 458 g/mol. The van der Waals surface area contributed by atoms with Crippen LogP contribution in [-0.4, -0.2) is 82.1 Å². The summed E-state index contributed by atoms with van der Waals surface area (Å²) in [5.41, 5.74) is 2.22. The van der Waals surface area contributed by atoms with Crippen molar-refractivity contribution in [2.24, 2.45) is 0 Å². The van der Waals surface area contributed by atoms with Crippen LogP contribution < -0.4 is 4.74 Å². The van der Waals surface area contributed by atoms with Crippen molar-refractivity contribution in [1.29, 1.82) is 0 Å². The van der Waals surface area contributed by atoms with Crippen LogP contribution in [0.2, 0.25) is 0 Å². The molecule has 186 valence electrons. The summed E-state index contributed by atoms with van der Waals surface area (Å²) < 4.78 is 11.2. The highest BCUT2D eigenvalue weighted by atomic mass is 16.5. The number of aryl methyl sites for hydroxylation is 1. The molecule has 0 N–H and O–H groups in total. The van der Waals surface area contributed by atoms with E-state index >= 15 is 0 Å². The normalized spacial score (nSPS) is 18.3. The van der Waals surface area contributed by atoms with Gasteiger partial charge in [0.05, 0.1) is 32.7 Å². The fraction of sp³-hybridized carbons (Fsp3) is 0.333. The van der Waals surface area contributed by atoms with Crippen molar-refractivity contribution in [3.63, 3.8) is 0 Å². The number of aromatic nitrogens is 2. The highest BCUT2D eigenvalue weighted by Gasteiger charge is 2.40. The van der Waals surface area contributed by atoms with Gasteiger partial charge < -0.3 is 9.47 Å². The Morgan fingerprint density at radius 2 is 1.69 bits per heavy atom. The highest BCUT2D eigenvalue weighted by molar-refractivity contribution is 5.94. The Hall–Kier alpha value is -3.82. The molecule has 0 saturated carbocycles. The van der Waals surface area contributed by atoms with Crippen LogP contribution in [0.1, 0.15) is 21.6 Å². The second-order valence-electron chi connectivity index (χ2n) is 8.97. The minimum absolute atomic E-state index is 0.0293. The molecule has 1 unspecified atom stereocenters. The monoisotopic (exact) mass is 487 g/mol. The Balaban J connectivity index is 1.36. The Labute approximate surface area is 210 Å². The summed E-state index contributed by atoms with van der Waals surface area (Å²) in [6, 6.07) is 18.7. The summed E-state index contributed by atoms with van der Waals surface area (Å²) in [5, 5.41) is 3.09. The second kappa shape index (κ2) is 10.8. The van der Waals surface area contributed by atoms with E-state index in [9.17, 15) is 9.59 Å². The maximum atomic E-state index is 13.6. The molecular formula is C27H29N5O4. The minimum atomic E-state index is -0.358. The van der Waals surface area contributed by atoms with E-state index < -0.39 is 0 Å². The third kappa shape index (κ3) is 5.53. The molecule has 2 aliphatic rings. The van der Waals surface area contributed by atoms with Crippen molar-refractivity contribution in [2.45, 2.75) is 19.4 Å². The van der Waals surface area contributed by atoms with E-state index in [1.54, 1.807) is 23.2 Å². The molecule has 3 heterocycles. The number of hydrazine groups is 1. The minimum Gasteiger partial charge on any atom is -0.424 e. The molecule has 2 aromatic carbocycles. The number of carbonyl (C=O) groups is 2. The number of benzene rings is 2. The maximum absolute atomic E-state index is 13.6. The number of hydrogen-bond donors (Lipinski definition) is 0. The number of carbonyl (C=O) groups excluding carboxylic acids is 2. The molecule has 0 bridgehead atoms. The van der Waals surface area contributed by atoms with Gasteiger partial charge in [0.2, 0.25) is 5.91 Å². The van der Waals surface area contributed by atoms with Crippen molar-refractivity contribution < 1.29 is 19.1 Å². The Morgan fingerprint density at radius 3 is 2.44 bits per heavy atom. The lowest BCUT2D eigenvalue weighted by Gasteiger charge is -2.31. The molecule has 3 aromatic rings. The van der Waals surface area contributed by atoms with Crippen molar-refractivity contribution >= 4 is 11.8 Å². The number of morpholine rings is 1. The van der Waals surface area contributed by atoms with Gasteiger partial charge in [-0.1, -0.05) is 48.0 Å². The van der Waals surface area contributed by atoms with Crippen LogP contribution in [0.4, 0.5) is 0 Å². The zero-order valence-electron chi connectivity index (χ0n) is 20.2. The van der Waals surface area contributed by atoms with E-state index in [4.69, 9.17) is 9.47 Å². The van der Waals surface area contributed by atoms with E-state index in [0.717, 1.165) is 24.2 Å². The lowest BCUT2D eigenvalue weighted by molar-refractivity contribution is -0.139. The van der Waals surface area contributed by atoms with Crippen LogP contribution in [0.3, 0.4) is 0 Å². The standard InChI is InChI=1S/C27H29N5O4/c1-20-7-9-21(10-8-20)17-25(33)31-18-22(30-13-15-35-16-14-30)19-32(31)26(34)24-11-12-28-27(29-24)36-23-5-3-2-4-6-23/h2-12,22H,13-19H2,1H3. The third-order valence-corrected chi connectivity index (χ3v) is 6.42. The molecule has 2 fully saturated rings. The molecule has 2 aliphatic heterocycles. The Kier molecular flexibility index (Phi) is 7.20. The number of nitrogens with zero attached hydrogens (tertiary/aromatic N) is 5. The molecule has 0 radical (unpaired) electrons. The predicted molar refractivity (Wildman–Crippen MR) is 132 cm³/mol. The molecule has 2 saturated heterocycles. The molecule has 0 aliphatic carbocycles. The molecule has 1 aromatic heterocycles. The van der Waals surface area contributed by atoms with Crippen LogP contribution in [0.5, 0.6) is 11.8 Å². The SMILES string of the molecule is Cc1ccc(CC(=O)N2CC(N3CCOCC3)CN2C(=O)c2ccnc(Oc3ccccc3)n2)cc1. The Morgan fingerprint density at radius 1 is 0.972 bits per heavy atom. The first kappa shape index (κ1) is 23.9. The van der Waals surface area contributed by atoms with Gasteiger partial charge in [-0.25, -0.2) is 15.0 Å². The summed E-state index contributed by atoms with van der Waals surface area (Å²) in [5.74, 6) is 0.0895. The first-order valence-corrected chi connectivity index (χ1v) is 12.1. The van der Waals surface area contributed by atoms with Crippen LogP contribution in [-0.2, 0) is 16.0 Å². The molecule has 5 rings (SSSR count). The number of ether oxygens (including phenoxy) is 2. The summed E-state index contributed by atoms with van der Waals surface area (Å²) in [6.45, 7) is 5.69. The lowest BCUT2D eigenvalue weighted by atomic mass is 10.1. The predicted octanol–water partition coefficient (Wildman–Crippen LogP) is 2.72. The summed E-state index contributed by atoms with van der Waals surface area (Å²) >= 11 is 0. The lowest BCUT2D eigenvalue weighted by Crippen LogP contribution is -2.46. The van der Waals surface area contributed by atoms with E-state index in [2.05, 4.69) is 14.9 Å². The van der Waals surface area contributed by atoms with Crippen LogP contribution in [0.25, 0.3) is 0 Å². The van der Waals surface area contributed by atoms with Crippen molar-refractivity contribution in [2.75, 3.05) is 39.4 Å². The quantitative estimate of drug-likeness (QED) is 0.528. The van der Waals surface area contributed by atoms with Crippen LogP contribution in [0, 0.1) is 6.92 Å². The van der Waals surface area contributed by atoms with Gasteiger partial charge in [0, 0.05) is 25.3 Å². The van der Waals surface area contributed by atoms with E-state index in [1.807, 2.05) is 49.4 Å². The average Bonchev–Trinajstić information content (AvgIpc) is 3.37. The van der Waals surface area contributed by atoms with E-state index in [1.165, 1.54) is 11.2 Å². The molecule has 0 spiro atoms. The van der Waals surface area contributed by atoms with Gasteiger partial charge in [-0.2, -0.15) is 4.98 Å². The fourth-order valence-electron chi connectivity index (χ4n) is 4.46. The smallest absolute Gasteiger partial charge is 0.322 e.